The second-order valence-corrected chi connectivity index (χ2v) is 8.08. The number of benzene rings is 3. The van der Waals surface area contributed by atoms with Gasteiger partial charge in [0.05, 0.1) is 14.2 Å². The first kappa shape index (κ1) is 18.1. The van der Waals surface area contributed by atoms with Crippen molar-refractivity contribution in [3.63, 3.8) is 0 Å². The molecule has 1 aromatic heterocycles. The third kappa shape index (κ3) is 2.18. The minimum absolute atomic E-state index is 0.0707. The Morgan fingerprint density at radius 3 is 2.48 bits per heavy atom. The van der Waals surface area contributed by atoms with Gasteiger partial charge in [0.15, 0.2) is 11.5 Å². The molecule has 2 aliphatic heterocycles. The maximum absolute atomic E-state index is 13.6. The summed E-state index contributed by atoms with van der Waals surface area (Å²) in [6.07, 6.45) is 2.82. The van der Waals surface area contributed by atoms with E-state index in [4.69, 9.17) is 9.47 Å². The molecule has 154 valence electrons. The van der Waals surface area contributed by atoms with Gasteiger partial charge in [0, 0.05) is 34.8 Å². The zero-order chi connectivity index (χ0) is 21.2. The van der Waals surface area contributed by atoms with Gasteiger partial charge in [-0.2, -0.15) is 0 Å². The minimum atomic E-state index is -0.722. The number of fused-ring (bicyclic) bond motifs is 6. The molecular weight excluding hydrogens is 388 g/mol. The lowest BCUT2D eigenvalue weighted by atomic mass is 9.72. The Bertz CT molecular complexity index is 1360. The molecule has 0 bridgehead atoms. The summed E-state index contributed by atoms with van der Waals surface area (Å²) in [5.41, 5.74) is 5.42. The average Bonchev–Trinajstić information content (AvgIpc) is 3.36. The number of carbonyl (C=O) groups excluding carboxylic acids is 1. The summed E-state index contributed by atoms with van der Waals surface area (Å²) < 4.78 is 11.3. The SMILES string of the molecule is COc1cc2c(cc1OC)[C@]1(c3c[nH]c4ccccc34)c3ccccc3C(=O)N1CC2. The van der Waals surface area contributed by atoms with Crippen LogP contribution in [0.15, 0.2) is 66.9 Å². The van der Waals surface area contributed by atoms with Crippen LogP contribution in [0.1, 0.15) is 32.6 Å². The van der Waals surface area contributed by atoms with Crippen LogP contribution in [0.2, 0.25) is 0 Å². The van der Waals surface area contributed by atoms with Crippen LogP contribution < -0.4 is 9.47 Å². The predicted molar refractivity (Wildman–Crippen MR) is 119 cm³/mol. The molecule has 2 aliphatic rings. The van der Waals surface area contributed by atoms with Gasteiger partial charge in [0.25, 0.3) is 5.91 Å². The molecule has 0 aliphatic carbocycles. The lowest BCUT2D eigenvalue weighted by Crippen LogP contribution is -2.50. The van der Waals surface area contributed by atoms with E-state index in [1.165, 1.54) is 5.56 Å². The number of ether oxygens (including phenoxy) is 2. The Morgan fingerprint density at radius 2 is 1.65 bits per heavy atom. The number of amides is 1. The Balaban J connectivity index is 1.78. The predicted octanol–water partition coefficient (Wildman–Crippen LogP) is 4.49. The molecule has 0 radical (unpaired) electrons. The molecule has 6 rings (SSSR count). The van der Waals surface area contributed by atoms with Crippen molar-refractivity contribution in [3.8, 4) is 11.5 Å². The molecule has 0 saturated heterocycles. The molecule has 3 heterocycles. The summed E-state index contributed by atoms with van der Waals surface area (Å²) in [6, 6.07) is 20.3. The van der Waals surface area contributed by atoms with Crippen molar-refractivity contribution in [3.05, 3.63) is 94.7 Å². The summed E-state index contributed by atoms with van der Waals surface area (Å²) in [5.74, 6) is 1.45. The molecule has 0 spiro atoms. The molecular formula is C26H22N2O3. The van der Waals surface area contributed by atoms with Crippen LogP contribution in [-0.2, 0) is 12.0 Å². The van der Waals surface area contributed by atoms with Gasteiger partial charge in [-0.1, -0.05) is 36.4 Å². The third-order valence-corrected chi connectivity index (χ3v) is 6.78. The van der Waals surface area contributed by atoms with E-state index in [1.54, 1.807) is 14.2 Å². The zero-order valence-electron chi connectivity index (χ0n) is 17.4. The molecule has 5 nitrogen and oxygen atoms in total. The van der Waals surface area contributed by atoms with Crippen LogP contribution in [0.3, 0.4) is 0 Å². The van der Waals surface area contributed by atoms with Crippen LogP contribution in [0.5, 0.6) is 11.5 Å². The summed E-state index contributed by atoms with van der Waals surface area (Å²) in [4.78, 5) is 19.1. The number of aromatic amines is 1. The summed E-state index contributed by atoms with van der Waals surface area (Å²) in [5, 5.41) is 1.11. The molecule has 1 amide bonds. The first-order valence-electron chi connectivity index (χ1n) is 10.4. The lowest BCUT2D eigenvalue weighted by Gasteiger charge is -2.44. The molecule has 5 heteroatoms. The molecule has 31 heavy (non-hydrogen) atoms. The summed E-state index contributed by atoms with van der Waals surface area (Å²) >= 11 is 0. The first-order valence-corrected chi connectivity index (χ1v) is 10.4. The van der Waals surface area contributed by atoms with Crippen molar-refractivity contribution in [1.29, 1.82) is 0 Å². The highest BCUT2D eigenvalue weighted by Crippen LogP contribution is 2.54. The van der Waals surface area contributed by atoms with E-state index >= 15 is 0 Å². The number of aromatic nitrogens is 1. The largest absolute Gasteiger partial charge is 0.493 e. The first-order chi connectivity index (χ1) is 15.2. The quantitative estimate of drug-likeness (QED) is 0.542. The number of nitrogens with zero attached hydrogens (tertiary/aromatic N) is 1. The molecule has 1 atom stereocenters. The van der Waals surface area contributed by atoms with Crippen molar-refractivity contribution in [1.82, 2.24) is 9.88 Å². The Morgan fingerprint density at radius 1 is 0.903 bits per heavy atom. The highest BCUT2D eigenvalue weighted by atomic mass is 16.5. The number of hydrogen-bond donors (Lipinski definition) is 1. The molecule has 1 N–H and O–H groups in total. The number of hydrogen-bond acceptors (Lipinski definition) is 3. The number of nitrogens with one attached hydrogen (secondary N) is 1. The van der Waals surface area contributed by atoms with E-state index in [2.05, 4.69) is 41.5 Å². The molecule has 0 unspecified atom stereocenters. The fourth-order valence-electron chi connectivity index (χ4n) is 5.49. The fourth-order valence-corrected chi connectivity index (χ4v) is 5.49. The van der Waals surface area contributed by atoms with E-state index in [0.29, 0.717) is 18.0 Å². The van der Waals surface area contributed by atoms with E-state index in [-0.39, 0.29) is 5.91 Å². The number of para-hydroxylation sites is 1. The van der Waals surface area contributed by atoms with Crippen LogP contribution in [0.4, 0.5) is 0 Å². The van der Waals surface area contributed by atoms with Crippen molar-refractivity contribution in [2.24, 2.45) is 0 Å². The average molecular weight is 410 g/mol. The van der Waals surface area contributed by atoms with Gasteiger partial charge in [-0.25, -0.2) is 0 Å². The van der Waals surface area contributed by atoms with E-state index in [9.17, 15) is 4.79 Å². The summed E-state index contributed by atoms with van der Waals surface area (Å²) in [7, 11) is 3.31. The van der Waals surface area contributed by atoms with Crippen LogP contribution >= 0.6 is 0 Å². The van der Waals surface area contributed by atoms with Gasteiger partial charge in [0.1, 0.15) is 5.54 Å². The second-order valence-electron chi connectivity index (χ2n) is 8.08. The maximum Gasteiger partial charge on any atom is 0.255 e. The number of rotatable bonds is 3. The van der Waals surface area contributed by atoms with Gasteiger partial charge < -0.3 is 19.4 Å². The normalized spacial score (nSPS) is 19.2. The molecule has 4 aromatic rings. The Hall–Kier alpha value is -3.73. The Kier molecular flexibility index (Phi) is 3.72. The number of H-pyrrole nitrogens is 1. The third-order valence-electron chi connectivity index (χ3n) is 6.78. The van der Waals surface area contributed by atoms with Crippen molar-refractivity contribution < 1.29 is 14.3 Å². The highest BCUT2D eigenvalue weighted by molar-refractivity contribution is 6.03. The van der Waals surface area contributed by atoms with Gasteiger partial charge in [-0.15, -0.1) is 0 Å². The molecule has 0 saturated carbocycles. The monoisotopic (exact) mass is 410 g/mol. The fraction of sp³-hybridized carbons (Fsp3) is 0.192. The van der Waals surface area contributed by atoms with E-state index in [0.717, 1.165) is 39.6 Å². The Labute approximate surface area is 180 Å². The van der Waals surface area contributed by atoms with Crippen LogP contribution in [0, 0.1) is 0 Å². The number of methoxy groups -OCH3 is 2. The minimum Gasteiger partial charge on any atom is -0.493 e. The smallest absolute Gasteiger partial charge is 0.255 e. The van der Waals surface area contributed by atoms with Gasteiger partial charge in [-0.05, 0) is 47.4 Å². The standard InChI is InChI=1S/C26H22N2O3/c1-30-23-13-16-11-12-28-25(29)18-8-3-5-9-19(18)26(28,20(16)14-24(23)31-2)21-15-27-22-10-6-4-7-17(21)22/h3-10,13-15,27H,11-12H2,1-2H3/t26-/m0/s1. The lowest BCUT2D eigenvalue weighted by molar-refractivity contribution is 0.0661. The van der Waals surface area contributed by atoms with Crippen molar-refractivity contribution in [2.75, 3.05) is 20.8 Å². The zero-order valence-corrected chi connectivity index (χ0v) is 17.4. The second kappa shape index (κ2) is 6.38. The van der Waals surface area contributed by atoms with Gasteiger partial charge >= 0.3 is 0 Å². The van der Waals surface area contributed by atoms with Crippen molar-refractivity contribution in [2.45, 2.75) is 12.0 Å². The number of carbonyl (C=O) groups is 1. The van der Waals surface area contributed by atoms with Gasteiger partial charge in [0.2, 0.25) is 0 Å². The van der Waals surface area contributed by atoms with Crippen LogP contribution in [-0.4, -0.2) is 36.6 Å². The van der Waals surface area contributed by atoms with Crippen LogP contribution in [0.25, 0.3) is 10.9 Å². The molecule has 3 aromatic carbocycles. The van der Waals surface area contributed by atoms with E-state index < -0.39 is 5.54 Å². The maximum atomic E-state index is 13.6. The van der Waals surface area contributed by atoms with Gasteiger partial charge in [-0.3, -0.25) is 4.79 Å². The summed E-state index contributed by atoms with van der Waals surface area (Å²) in [6.45, 7) is 0.634. The topological polar surface area (TPSA) is 54.6 Å². The highest BCUT2D eigenvalue weighted by Gasteiger charge is 2.55. The van der Waals surface area contributed by atoms with E-state index in [1.807, 2.05) is 35.2 Å². The van der Waals surface area contributed by atoms with Crippen molar-refractivity contribution >= 4 is 16.8 Å². The molecule has 0 fully saturated rings.